The van der Waals surface area contributed by atoms with Crippen LogP contribution in [0.15, 0.2) is 18.2 Å². The zero-order chi connectivity index (χ0) is 15.4. The molecule has 2 aromatic rings. The zero-order valence-corrected chi connectivity index (χ0v) is 13.7. The average molecular weight is 303 g/mol. The number of carbonyl (C=O) groups is 1. The van der Waals surface area contributed by atoms with Crippen molar-refractivity contribution in [2.24, 2.45) is 0 Å². The van der Waals surface area contributed by atoms with Crippen molar-refractivity contribution in [2.75, 3.05) is 17.2 Å². The maximum Gasteiger partial charge on any atom is 0.257 e. The lowest BCUT2D eigenvalue weighted by Crippen LogP contribution is -2.13. The van der Waals surface area contributed by atoms with Gasteiger partial charge in [0.25, 0.3) is 5.91 Å². The first-order valence-electron chi connectivity index (χ1n) is 7.17. The highest BCUT2D eigenvalue weighted by molar-refractivity contribution is 7.15. The molecule has 0 aliphatic heterocycles. The van der Waals surface area contributed by atoms with Gasteiger partial charge in [0.1, 0.15) is 0 Å². The Hall–Kier alpha value is -1.88. The lowest BCUT2D eigenvalue weighted by atomic mass is 10.1. The second-order valence-corrected chi connectivity index (χ2v) is 6.09. The number of carbonyl (C=O) groups excluding carboxylic acids is 1. The van der Waals surface area contributed by atoms with Crippen LogP contribution in [-0.4, -0.2) is 17.4 Å². The highest BCUT2D eigenvalue weighted by atomic mass is 32.1. The number of aromatic nitrogens is 1. The molecule has 1 aromatic heterocycles. The Balaban J connectivity index is 2.16. The van der Waals surface area contributed by atoms with Crippen LogP contribution in [0.1, 0.15) is 40.3 Å². The molecule has 5 heteroatoms. The van der Waals surface area contributed by atoms with Gasteiger partial charge in [0, 0.05) is 22.7 Å². The quantitative estimate of drug-likeness (QED) is 0.877. The molecule has 0 spiro atoms. The van der Waals surface area contributed by atoms with Crippen LogP contribution in [0, 0.1) is 13.8 Å². The van der Waals surface area contributed by atoms with Gasteiger partial charge >= 0.3 is 0 Å². The van der Waals surface area contributed by atoms with Crippen molar-refractivity contribution in [3.63, 3.8) is 0 Å². The largest absolute Gasteiger partial charge is 0.385 e. The molecule has 0 saturated carbocycles. The topological polar surface area (TPSA) is 54.0 Å². The molecule has 21 heavy (non-hydrogen) atoms. The van der Waals surface area contributed by atoms with Crippen molar-refractivity contribution in [3.05, 3.63) is 39.9 Å². The SMILES string of the molecule is CCNc1ccc(C(=O)Nc2nc(CC)c(C)s2)c(C)c1. The maximum atomic E-state index is 12.3. The van der Waals surface area contributed by atoms with Crippen molar-refractivity contribution in [3.8, 4) is 0 Å². The van der Waals surface area contributed by atoms with Crippen LogP contribution in [0.5, 0.6) is 0 Å². The number of rotatable bonds is 5. The summed E-state index contributed by atoms with van der Waals surface area (Å²) in [7, 11) is 0. The van der Waals surface area contributed by atoms with Crippen LogP contribution < -0.4 is 10.6 Å². The standard InChI is InChI=1S/C16H21N3OS/c1-5-14-11(4)21-16(18-14)19-15(20)13-8-7-12(17-6-2)9-10(13)3/h7-9,17H,5-6H2,1-4H3,(H,18,19,20). The summed E-state index contributed by atoms with van der Waals surface area (Å²) in [5, 5.41) is 6.81. The summed E-state index contributed by atoms with van der Waals surface area (Å²) < 4.78 is 0. The number of anilines is 2. The Morgan fingerprint density at radius 3 is 2.62 bits per heavy atom. The summed E-state index contributed by atoms with van der Waals surface area (Å²) in [5.74, 6) is -0.105. The number of nitrogens with one attached hydrogen (secondary N) is 2. The lowest BCUT2D eigenvalue weighted by molar-refractivity contribution is 0.102. The first-order valence-corrected chi connectivity index (χ1v) is 7.99. The molecule has 2 N–H and O–H groups in total. The Morgan fingerprint density at radius 1 is 1.29 bits per heavy atom. The van der Waals surface area contributed by atoms with Gasteiger partial charge < -0.3 is 5.32 Å². The molecule has 0 atom stereocenters. The first kappa shape index (κ1) is 15.5. The van der Waals surface area contributed by atoms with E-state index < -0.39 is 0 Å². The van der Waals surface area contributed by atoms with Crippen molar-refractivity contribution in [1.29, 1.82) is 0 Å². The summed E-state index contributed by atoms with van der Waals surface area (Å²) in [6.07, 6.45) is 0.884. The predicted molar refractivity (Wildman–Crippen MR) is 89.5 cm³/mol. The third-order valence-electron chi connectivity index (χ3n) is 3.30. The lowest BCUT2D eigenvalue weighted by Gasteiger charge is -2.09. The predicted octanol–water partition coefficient (Wildman–Crippen LogP) is 4.01. The molecule has 0 bridgehead atoms. The first-order chi connectivity index (χ1) is 10.0. The second-order valence-electron chi connectivity index (χ2n) is 4.89. The average Bonchev–Trinajstić information content (AvgIpc) is 2.79. The van der Waals surface area contributed by atoms with Gasteiger partial charge in [0.2, 0.25) is 0 Å². The second kappa shape index (κ2) is 6.72. The molecule has 0 saturated heterocycles. The fourth-order valence-electron chi connectivity index (χ4n) is 2.21. The van der Waals surface area contributed by atoms with Crippen LogP contribution >= 0.6 is 11.3 Å². The Labute approximate surface area is 129 Å². The smallest absolute Gasteiger partial charge is 0.257 e. The summed E-state index contributed by atoms with van der Waals surface area (Å²) in [5.41, 5.74) is 3.72. The molecular formula is C16H21N3OS. The number of amides is 1. The van der Waals surface area contributed by atoms with Gasteiger partial charge in [-0.05, 0) is 51.0 Å². The number of hydrogen-bond acceptors (Lipinski definition) is 4. The minimum Gasteiger partial charge on any atom is -0.385 e. The molecule has 1 heterocycles. The molecule has 0 aliphatic carbocycles. The van der Waals surface area contributed by atoms with E-state index >= 15 is 0 Å². The molecule has 1 amide bonds. The van der Waals surface area contributed by atoms with E-state index in [0.29, 0.717) is 10.7 Å². The fourth-order valence-corrected chi connectivity index (χ4v) is 3.10. The van der Waals surface area contributed by atoms with E-state index in [1.165, 1.54) is 11.3 Å². The minimum atomic E-state index is -0.105. The third-order valence-corrected chi connectivity index (χ3v) is 4.23. The monoisotopic (exact) mass is 303 g/mol. The van der Waals surface area contributed by atoms with E-state index in [-0.39, 0.29) is 5.91 Å². The van der Waals surface area contributed by atoms with E-state index in [4.69, 9.17) is 0 Å². The van der Waals surface area contributed by atoms with Gasteiger partial charge in [-0.2, -0.15) is 0 Å². The van der Waals surface area contributed by atoms with E-state index in [2.05, 4.69) is 22.5 Å². The summed E-state index contributed by atoms with van der Waals surface area (Å²) in [6, 6.07) is 5.77. The number of benzene rings is 1. The molecule has 0 unspecified atom stereocenters. The van der Waals surface area contributed by atoms with Crippen molar-refractivity contribution in [2.45, 2.75) is 34.1 Å². The van der Waals surface area contributed by atoms with E-state index in [9.17, 15) is 4.79 Å². The van der Waals surface area contributed by atoms with Crippen LogP contribution in [0.2, 0.25) is 0 Å². The normalized spacial score (nSPS) is 10.5. The van der Waals surface area contributed by atoms with Gasteiger partial charge in [-0.25, -0.2) is 4.98 Å². The molecule has 0 aliphatic rings. The van der Waals surface area contributed by atoms with Crippen molar-refractivity contribution < 1.29 is 4.79 Å². The van der Waals surface area contributed by atoms with Gasteiger partial charge in [0.15, 0.2) is 5.13 Å². The van der Waals surface area contributed by atoms with E-state index in [0.717, 1.165) is 34.8 Å². The molecule has 112 valence electrons. The van der Waals surface area contributed by atoms with Gasteiger partial charge in [-0.3, -0.25) is 10.1 Å². The molecular weight excluding hydrogens is 282 g/mol. The van der Waals surface area contributed by atoms with Crippen LogP contribution in [0.4, 0.5) is 10.8 Å². The van der Waals surface area contributed by atoms with Crippen LogP contribution in [-0.2, 0) is 6.42 Å². The maximum absolute atomic E-state index is 12.3. The minimum absolute atomic E-state index is 0.105. The number of hydrogen-bond donors (Lipinski definition) is 2. The highest BCUT2D eigenvalue weighted by Crippen LogP contribution is 2.23. The van der Waals surface area contributed by atoms with Crippen molar-refractivity contribution in [1.82, 2.24) is 4.98 Å². The third kappa shape index (κ3) is 3.61. The number of nitrogens with zero attached hydrogens (tertiary/aromatic N) is 1. The fraction of sp³-hybridized carbons (Fsp3) is 0.375. The molecule has 0 fully saturated rings. The van der Waals surface area contributed by atoms with Crippen molar-refractivity contribution >= 4 is 28.1 Å². The molecule has 2 rings (SSSR count). The summed E-state index contributed by atoms with van der Waals surface area (Å²) in [4.78, 5) is 18.0. The summed E-state index contributed by atoms with van der Waals surface area (Å²) in [6.45, 7) is 8.95. The molecule has 1 aromatic carbocycles. The Bertz CT molecular complexity index is 649. The van der Waals surface area contributed by atoms with Gasteiger partial charge in [-0.1, -0.05) is 6.92 Å². The van der Waals surface area contributed by atoms with Crippen LogP contribution in [0.25, 0.3) is 0 Å². The number of thiazole rings is 1. The van der Waals surface area contributed by atoms with Gasteiger partial charge in [0.05, 0.1) is 5.69 Å². The summed E-state index contributed by atoms with van der Waals surface area (Å²) >= 11 is 1.52. The van der Waals surface area contributed by atoms with E-state index in [1.54, 1.807) is 0 Å². The van der Waals surface area contributed by atoms with E-state index in [1.807, 2.05) is 39.0 Å². The Kier molecular flexibility index (Phi) is 4.96. The van der Waals surface area contributed by atoms with Crippen LogP contribution in [0.3, 0.4) is 0 Å². The van der Waals surface area contributed by atoms with Gasteiger partial charge in [-0.15, -0.1) is 11.3 Å². The molecule has 4 nitrogen and oxygen atoms in total. The highest BCUT2D eigenvalue weighted by Gasteiger charge is 2.13. The molecule has 0 radical (unpaired) electrons. The zero-order valence-electron chi connectivity index (χ0n) is 12.9. The number of aryl methyl sites for hydroxylation is 3. The Morgan fingerprint density at radius 2 is 2.05 bits per heavy atom.